The third kappa shape index (κ3) is 5.79. The van der Waals surface area contributed by atoms with Crippen LogP contribution in [0.4, 0.5) is 4.79 Å². The van der Waals surface area contributed by atoms with Crippen LogP contribution in [0, 0.1) is 0 Å². The molecule has 0 aromatic rings. The first-order valence-corrected chi connectivity index (χ1v) is 5.17. The Morgan fingerprint density at radius 1 is 1.44 bits per heavy atom. The Morgan fingerprint density at radius 3 is 2.50 bits per heavy atom. The fourth-order valence-corrected chi connectivity index (χ4v) is 1.23. The Balaban J connectivity index is 4.11. The molecule has 0 aromatic carbocycles. The molecule has 0 aromatic heterocycles. The molecule has 0 radical (unpaired) electrons. The van der Waals surface area contributed by atoms with E-state index in [0.29, 0.717) is 0 Å². The Kier molecular flexibility index (Phi) is 7.69. The normalized spacial score (nSPS) is 10.7. The number of carbonyl (C=O) groups excluding carboxylic acids is 1. The minimum Gasteiger partial charge on any atom is -0.480 e. The zero-order chi connectivity index (χ0) is 12.6. The Morgan fingerprint density at radius 2 is 2.06 bits per heavy atom. The number of hydrogen-bond donors (Lipinski definition) is 3. The summed E-state index contributed by atoms with van der Waals surface area (Å²) in [5.74, 6) is -1.23. The monoisotopic (exact) mass is 256 g/mol. The molecule has 0 spiro atoms. The molecule has 0 aliphatic heterocycles. The highest BCUT2D eigenvalue weighted by molar-refractivity contribution is 7.32. The van der Waals surface area contributed by atoms with E-state index < -0.39 is 25.3 Å². The van der Waals surface area contributed by atoms with Crippen LogP contribution >= 0.6 is 8.81 Å². The van der Waals surface area contributed by atoms with Gasteiger partial charge in [-0.05, 0) is 0 Å². The molecule has 94 valence electrons. The number of hydrogen-bond acceptors (Lipinski definition) is 6. The van der Waals surface area contributed by atoms with Gasteiger partial charge in [0.15, 0.2) is 0 Å². The zero-order valence-electron chi connectivity index (χ0n) is 8.49. The number of carbonyl (C=O) groups is 2. The van der Waals surface area contributed by atoms with Crippen molar-refractivity contribution >= 4 is 20.8 Å². The maximum Gasteiger partial charge on any atom is 0.323 e. The Hall–Kier alpha value is -0.990. The van der Waals surface area contributed by atoms with Crippen molar-refractivity contribution in [2.45, 2.75) is 0 Å². The van der Waals surface area contributed by atoms with Crippen molar-refractivity contribution in [3.63, 3.8) is 0 Å². The van der Waals surface area contributed by atoms with Gasteiger partial charge in [-0.3, -0.25) is 9.69 Å². The van der Waals surface area contributed by atoms with Crippen molar-refractivity contribution in [3.8, 4) is 0 Å². The highest BCUT2D eigenvalue weighted by Gasteiger charge is 2.19. The summed E-state index contributed by atoms with van der Waals surface area (Å²) in [5, 5.41) is 28.4. The van der Waals surface area contributed by atoms with E-state index in [4.69, 9.17) is 15.5 Å². The standard InChI is InChI=1S/C6H13N2O7P/c1-7(4-16-15-14-13)6(12)8(3-9)2-5(10)11/h9,13,16H,2-4H2,1H3,(H,10,11). The second-order valence-electron chi connectivity index (χ2n) is 2.67. The molecule has 0 saturated carbocycles. The predicted octanol–water partition coefficient (Wildman–Crippen LogP) is -0.653. The Bertz CT molecular complexity index is 239. The number of rotatable bonds is 7. The number of aliphatic carboxylic acids is 1. The second kappa shape index (κ2) is 8.20. The van der Waals surface area contributed by atoms with Crippen LogP contribution in [-0.4, -0.2) is 63.9 Å². The molecule has 2 amide bonds. The first kappa shape index (κ1) is 15.0. The van der Waals surface area contributed by atoms with Crippen molar-refractivity contribution in [2.24, 2.45) is 0 Å². The van der Waals surface area contributed by atoms with Gasteiger partial charge in [-0.2, -0.15) is 4.67 Å². The van der Waals surface area contributed by atoms with Crippen LogP contribution in [-0.2, 0) is 14.5 Å². The van der Waals surface area contributed by atoms with E-state index in [0.717, 1.165) is 9.80 Å². The van der Waals surface area contributed by atoms with Gasteiger partial charge in [0.25, 0.3) is 0 Å². The van der Waals surface area contributed by atoms with Crippen molar-refractivity contribution in [3.05, 3.63) is 0 Å². The molecule has 9 nitrogen and oxygen atoms in total. The minimum atomic E-state index is -1.23. The van der Waals surface area contributed by atoms with Crippen molar-refractivity contribution < 1.29 is 34.8 Å². The molecule has 0 heterocycles. The van der Waals surface area contributed by atoms with Gasteiger partial charge in [0.1, 0.15) is 13.3 Å². The third-order valence-electron chi connectivity index (χ3n) is 1.49. The number of aliphatic hydroxyl groups excluding tert-OH is 1. The van der Waals surface area contributed by atoms with Gasteiger partial charge in [0.05, 0.1) is 15.1 Å². The summed E-state index contributed by atoms with van der Waals surface area (Å²) in [4.78, 5) is 23.7. The summed E-state index contributed by atoms with van der Waals surface area (Å²) >= 11 is 0. The van der Waals surface area contributed by atoms with E-state index in [2.05, 4.69) is 9.71 Å². The number of nitrogens with zero attached hydrogens (tertiary/aromatic N) is 2. The van der Waals surface area contributed by atoms with Gasteiger partial charge in [-0.15, -0.1) is 0 Å². The Labute approximate surface area is 92.9 Å². The maximum atomic E-state index is 11.5. The topological polar surface area (TPSA) is 120 Å². The summed E-state index contributed by atoms with van der Waals surface area (Å²) in [7, 11) is 1.06. The highest BCUT2D eigenvalue weighted by atomic mass is 31.1. The average Bonchev–Trinajstić information content (AvgIpc) is 2.24. The molecule has 0 aliphatic carbocycles. The lowest BCUT2D eigenvalue weighted by Gasteiger charge is -2.24. The highest BCUT2D eigenvalue weighted by Crippen LogP contribution is 2.13. The fraction of sp³-hybridized carbons (Fsp3) is 0.667. The van der Waals surface area contributed by atoms with E-state index in [9.17, 15) is 9.59 Å². The zero-order valence-corrected chi connectivity index (χ0v) is 9.49. The van der Waals surface area contributed by atoms with Crippen LogP contribution in [0.5, 0.6) is 0 Å². The van der Waals surface area contributed by atoms with E-state index in [1.807, 2.05) is 0 Å². The van der Waals surface area contributed by atoms with E-state index in [1.54, 1.807) is 0 Å². The predicted molar refractivity (Wildman–Crippen MR) is 52.6 cm³/mol. The molecule has 0 aliphatic rings. The quantitative estimate of drug-likeness (QED) is 0.182. The summed E-state index contributed by atoms with van der Waals surface area (Å²) in [6.07, 6.45) is 0.0928. The third-order valence-corrected chi connectivity index (χ3v) is 2.29. The molecule has 10 heteroatoms. The van der Waals surface area contributed by atoms with E-state index >= 15 is 0 Å². The van der Waals surface area contributed by atoms with Gasteiger partial charge in [-0.25, -0.2) is 10.1 Å². The van der Waals surface area contributed by atoms with Gasteiger partial charge < -0.3 is 15.1 Å². The summed E-state index contributed by atoms with van der Waals surface area (Å²) in [6.45, 7) is -1.30. The molecule has 1 atom stereocenters. The van der Waals surface area contributed by atoms with E-state index in [1.165, 1.54) is 7.05 Å². The molecule has 0 bridgehead atoms. The smallest absolute Gasteiger partial charge is 0.323 e. The van der Waals surface area contributed by atoms with Gasteiger partial charge in [0.2, 0.25) is 0 Å². The number of carboxylic acid groups (broad SMARTS) is 1. The molecule has 0 saturated heterocycles. The van der Waals surface area contributed by atoms with Gasteiger partial charge in [-0.1, -0.05) is 5.04 Å². The van der Waals surface area contributed by atoms with Gasteiger partial charge >= 0.3 is 12.0 Å². The first-order chi connectivity index (χ1) is 7.52. The van der Waals surface area contributed by atoms with Crippen molar-refractivity contribution in [2.75, 3.05) is 26.6 Å². The number of urea groups is 1. The summed E-state index contributed by atoms with van der Waals surface area (Å²) < 4.78 is 4.14. The van der Waals surface area contributed by atoms with Crippen molar-refractivity contribution in [1.29, 1.82) is 0 Å². The molecule has 1 unspecified atom stereocenters. The molecule has 3 N–H and O–H groups in total. The van der Waals surface area contributed by atoms with E-state index in [-0.39, 0.29) is 15.1 Å². The number of amides is 2. The van der Waals surface area contributed by atoms with Crippen LogP contribution in [0.25, 0.3) is 0 Å². The van der Waals surface area contributed by atoms with Crippen LogP contribution in [0.2, 0.25) is 0 Å². The minimum absolute atomic E-state index is 0.0928. The van der Waals surface area contributed by atoms with Crippen LogP contribution < -0.4 is 0 Å². The first-order valence-electron chi connectivity index (χ1n) is 4.05. The average molecular weight is 256 g/mol. The lowest BCUT2D eigenvalue weighted by Crippen LogP contribution is -2.43. The largest absolute Gasteiger partial charge is 0.480 e. The molecular weight excluding hydrogens is 243 g/mol. The lowest BCUT2D eigenvalue weighted by atomic mass is 10.5. The SMILES string of the molecule is CN(CPOOO)C(=O)N(CO)CC(=O)O. The molecule has 0 fully saturated rings. The fourth-order valence-electron chi connectivity index (χ4n) is 0.800. The maximum absolute atomic E-state index is 11.5. The van der Waals surface area contributed by atoms with Gasteiger partial charge in [0, 0.05) is 7.05 Å². The molecular formula is C6H13N2O7P. The lowest BCUT2D eigenvalue weighted by molar-refractivity contribution is -0.435. The summed E-state index contributed by atoms with van der Waals surface area (Å²) in [6, 6.07) is -0.668. The summed E-state index contributed by atoms with van der Waals surface area (Å²) in [5.41, 5.74) is 0. The van der Waals surface area contributed by atoms with Crippen LogP contribution in [0.3, 0.4) is 0 Å². The number of aliphatic hydroxyl groups is 1. The number of carboxylic acids is 1. The molecule has 0 rings (SSSR count). The van der Waals surface area contributed by atoms with Crippen molar-refractivity contribution in [1.82, 2.24) is 9.80 Å². The van der Waals surface area contributed by atoms with Crippen LogP contribution in [0.15, 0.2) is 0 Å². The molecule has 16 heavy (non-hydrogen) atoms. The van der Waals surface area contributed by atoms with Crippen LogP contribution in [0.1, 0.15) is 0 Å². The second-order valence-corrected chi connectivity index (χ2v) is 3.45.